The number of hydrogen-bond acceptors (Lipinski definition) is 10. The molecule has 352 valence electrons. The summed E-state index contributed by atoms with van der Waals surface area (Å²) in [5.74, 6) is -7.46. The van der Waals surface area contributed by atoms with Gasteiger partial charge < -0.3 is 48.9 Å². The van der Waals surface area contributed by atoms with Gasteiger partial charge in [-0.3, -0.25) is 28.8 Å². The van der Waals surface area contributed by atoms with Crippen LogP contribution in [0.5, 0.6) is 11.5 Å². The Bertz CT molecular complexity index is 2950. The molecule has 3 fully saturated rings. The van der Waals surface area contributed by atoms with Gasteiger partial charge in [-0.15, -0.1) is 0 Å². The molecule has 3 N–H and O–H groups in total. The topological polar surface area (TPSA) is 191 Å². The number of ether oxygens (including phenoxy) is 3. The molecule has 4 amide bonds. The van der Waals surface area contributed by atoms with E-state index in [4.69, 9.17) is 37.4 Å². The van der Waals surface area contributed by atoms with Crippen LogP contribution in [0, 0.1) is 23.3 Å². The second kappa shape index (κ2) is 17.5. The summed E-state index contributed by atoms with van der Waals surface area (Å²) >= 11 is 11.2. The fourth-order valence-electron chi connectivity index (χ4n) is 10.1. The van der Waals surface area contributed by atoms with Gasteiger partial charge in [-0.25, -0.2) is 17.6 Å². The predicted octanol–water partition coefficient (Wildman–Crippen LogP) is 4.81. The Morgan fingerprint density at radius 1 is 0.761 bits per heavy atom. The van der Waals surface area contributed by atoms with Gasteiger partial charge >= 0.3 is 0 Å². The van der Waals surface area contributed by atoms with Gasteiger partial charge in [0.15, 0.2) is 22.9 Å². The summed E-state index contributed by atoms with van der Waals surface area (Å²) in [6, 6.07) is 3.54. The highest BCUT2D eigenvalue weighted by Crippen LogP contribution is 2.48. The van der Waals surface area contributed by atoms with Crippen LogP contribution in [-0.4, -0.2) is 105 Å². The molecule has 8 heterocycles. The molecule has 6 aliphatic rings. The van der Waals surface area contributed by atoms with Crippen LogP contribution in [0.2, 0.25) is 10.0 Å². The molecule has 4 atom stereocenters. The second-order valence-electron chi connectivity index (χ2n) is 16.9. The summed E-state index contributed by atoms with van der Waals surface area (Å²) in [6.45, 7) is 1.40. The van der Waals surface area contributed by atoms with Crippen molar-refractivity contribution in [2.45, 2.75) is 61.9 Å². The molecule has 6 aliphatic heterocycles. The van der Waals surface area contributed by atoms with Crippen molar-refractivity contribution in [2.75, 3.05) is 46.6 Å². The Morgan fingerprint density at radius 2 is 1.30 bits per heavy atom. The molecule has 0 unspecified atom stereocenters. The summed E-state index contributed by atoms with van der Waals surface area (Å²) in [5.41, 5.74) is -3.90. The molecule has 2 aromatic heterocycles. The molecule has 16 nitrogen and oxygen atoms in total. The van der Waals surface area contributed by atoms with Crippen molar-refractivity contribution in [3.05, 3.63) is 136 Å². The number of aromatic nitrogens is 2. The smallest absolute Gasteiger partial charge is 0.275 e. The minimum absolute atomic E-state index is 0.0484. The number of rotatable bonds is 7. The van der Waals surface area contributed by atoms with E-state index in [-0.39, 0.29) is 78.1 Å². The number of piperidine rings is 1. The molecule has 4 aromatic rings. The number of carbonyl (C=O) groups excluding carboxylic acids is 4. The van der Waals surface area contributed by atoms with Crippen LogP contribution in [0.1, 0.15) is 90.6 Å². The molecule has 0 bridgehead atoms. The molecular formula is C45H40Cl2F4N6O10. The SMILES string of the molecule is COc1c2n(cc(C(=O)NCc3ccc(F)c(Cl)c3F)c1=O)[C@H]1COC[C@]13CC=CCN3C2=O.O=C(NCc1ccc(F)c(Cl)c1F)c1cn2c(c(O)c1=O)C(=O)N1CCCC[C@]13COC[C@H]23. The van der Waals surface area contributed by atoms with E-state index in [1.165, 1.54) is 24.1 Å². The van der Waals surface area contributed by atoms with Crippen LogP contribution >= 0.6 is 23.2 Å². The fraction of sp³-hybridized carbons (Fsp3) is 0.378. The third-order valence-corrected chi connectivity index (χ3v) is 14.2. The molecule has 3 saturated heterocycles. The van der Waals surface area contributed by atoms with Gasteiger partial charge in [-0.1, -0.05) is 47.5 Å². The molecule has 2 aromatic carbocycles. The Labute approximate surface area is 387 Å². The van der Waals surface area contributed by atoms with Crippen LogP contribution < -0.4 is 26.2 Å². The van der Waals surface area contributed by atoms with E-state index in [1.54, 1.807) is 14.4 Å². The van der Waals surface area contributed by atoms with E-state index in [0.29, 0.717) is 39.1 Å². The van der Waals surface area contributed by atoms with Crippen molar-refractivity contribution in [1.82, 2.24) is 29.6 Å². The molecule has 0 saturated carbocycles. The maximum Gasteiger partial charge on any atom is 0.275 e. The monoisotopic (exact) mass is 970 g/mol. The quantitative estimate of drug-likeness (QED) is 0.132. The standard InChI is InChI=1S/C23H20ClF2N3O5.C22H20ClF2N3O5/c1-33-20-18-22(32)29-7-3-2-6-23(29)11-34-10-15(23)28(18)9-13(19(20)30)21(31)27-8-12-4-5-14(25)16(24)17(12)26;23-15-13(24)4-3-11(16(15)25)7-26-20(31)12-8-27-14-9-33-10-22(14)5-1-2-6-28(22)21(32)17(27)19(30)18(12)29/h2-5,9,15H,6-8,10-11H2,1H3,(H,27,31);3-4,8,14,30H,1-2,5-7,9-10H2,(H,26,31)/t15-,23+;14-,22+/m00/s1. The van der Waals surface area contributed by atoms with Crippen molar-refractivity contribution in [3.8, 4) is 11.5 Å². The number of methoxy groups -OCH3 is 1. The summed E-state index contributed by atoms with van der Waals surface area (Å²) in [4.78, 5) is 81.7. The van der Waals surface area contributed by atoms with E-state index >= 15 is 0 Å². The number of hydrogen-bond donors (Lipinski definition) is 3. The van der Waals surface area contributed by atoms with Crippen molar-refractivity contribution in [2.24, 2.45) is 0 Å². The van der Waals surface area contributed by atoms with E-state index in [9.17, 15) is 51.4 Å². The average Bonchev–Trinajstić information content (AvgIpc) is 3.95. The zero-order valence-corrected chi connectivity index (χ0v) is 36.9. The molecule has 2 spiro atoms. The van der Waals surface area contributed by atoms with Crippen LogP contribution in [0.25, 0.3) is 0 Å². The van der Waals surface area contributed by atoms with E-state index in [0.717, 1.165) is 37.1 Å². The molecule has 67 heavy (non-hydrogen) atoms. The number of pyridine rings is 2. The van der Waals surface area contributed by atoms with Crippen LogP contribution in [0.3, 0.4) is 0 Å². The third kappa shape index (κ3) is 7.26. The van der Waals surface area contributed by atoms with Crippen molar-refractivity contribution >= 4 is 46.8 Å². The molecule has 22 heteroatoms. The number of amides is 4. The molecule has 0 radical (unpaired) electrons. The van der Waals surface area contributed by atoms with Gasteiger partial charge in [-0.05, 0) is 37.8 Å². The minimum Gasteiger partial charge on any atom is -0.503 e. The lowest BCUT2D eigenvalue weighted by atomic mass is 9.80. The van der Waals surface area contributed by atoms with Gasteiger partial charge in [0.25, 0.3) is 23.6 Å². The zero-order valence-electron chi connectivity index (χ0n) is 35.4. The lowest BCUT2D eigenvalue weighted by Gasteiger charge is -2.51. The lowest BCUT2D eigenvalue weighted by molar-refractivity contribution is 0.00372. The summed E-state index contributed by atoms with van der Waals surface area (Å²) in [7, 11) is 1.26. The van der Waals surface area contributed by atoms with Gasteiger partial charge in [0.05, 0.1) is 56.7 Å². The van der Waals surface area contributed by atoms with Crippen molar-refractivity contribution in [1.29, 1.82) is 0 Å². The predicted molar refractivity (Wildman–Crippen MR) is 230 cm³/mol. The Kier molecular flexibility index (Phi) is 12.0. The highest BCUT2D eigenvalue weighted by molar-refractivity contribution is 6.31. The highest BCUT2D eigenvalue weighted by Gasteiger charge is 2.58. The number of carbonyl (C=O) groups is 4. The largest absolute Gasteiger partial charge is 0.503 e. The first-order valence-corrected chi connectivity index (χ1v) is 21.9. The van der Waals surface area contributed by atoms with Crippen molar-refractivity contribution in [3.63, 3.8) is 0 Å². The van der Waals surface area contributed by atoms with E-state index in [1.807, 2.05) is 12.2 Å². The number of aromatic hydroxyl groups is 1. The van der Waals surface area contributed by atoms with Crippen LogP contribution in [0.15, 0.2) is 58.4 Å². The lowest BCUT2D eigenvalue weighted by Crippen LogP contribution is -2.63. The second-order valence-corrected chi connectivity index (χ2v) is 17.7. The number of fused-ring (bicyclic) bond motifs is 4. The first kappa shape index (κ1) is 45.9. The average molecular weight is 972 g/mol. The van der Waals surface area contributed by atoms with Crippen molar-refractivity contribution < 1.29 is 56.1 Å². The first-order chi connectivity index (χ1) is 32.1. The first-order valence-electron chi connectivity index (χ1n) is 21.1. The summed E-state index contributed by atoms with van der Waals surface area (Å²) in [6.07, 6.45) is 9.47. The maximum atomic E-state index is 14.2. The third-order valence-electron chi connectivity index (χ3n) is 13.5. The number of halogens is 6. The van der Waals surface area contributed by atoms with Gasteiger partial charge in [0.1, 0.15) is 44.4 Å². The van der Waals surface area contributed by atoms with E-state index < -0.39 is 84.3 Å². The van der Waals surface area contributed by atoms with Gasteiger partial charge in [0, 0.05) is 49.7 Å². The Hall–Kier alpha value is -6.22. The van der Waals surface area contributed by atoms with Crippen LogP contribution in [0.4, 0.5) is 17.6 Å². The minimum atomic E-state index is -1.02. The Balaban J connectivity index is 0.000000168. The van der Waals surface area contributed by atoms with Gasteiger partial charge in [0.2, 0.25) is 10.9 Å². The number of nitrogens with one attached hydrogen (secondary N) is 2. The maximum absolute atomic E-state index is 14.2. The highest BCUT2D eigenvalue weighted by atomic mass is 35.5. The zero-order chi connectivity index (χ0) is 47.7. The van der Waals surface area contributed by atoms with E-state index in [2.05, 4.69) is 10.6 Å². The summed E-state index contributed by atoms with van der Waals surface area (Å²) in [5, 5.41) is 14.1. The molecule has 10 rings (SSSR count). The number of nitrogens with zero attached hydrogens (tertiary/aromatic N) is 4. The number of benzene rings is 2. The molecular weight excluding hydrogens is 931 g/mol. The summed E-state index contributed by atoms with van der Waals surface area (Å²) < 4.78 is 75.0. The van der Waals surface area contributed by atoms with Gasteiger partial charge in [-0.2, -0.15) is 0 Å². The Morgan fingerprint density at radius 3 is 1.90 bits per heavy atom. The molecule has 0 aliphatic carbocycles. The van der Waals surface area contributed by atoms with Crippen LogP contribution in [-0.2, 0) is 22.6 Å². The fourth-order valence-corrected chi connectivity index (χ4v) is 10.5. The normalized spacial score (nSPS) is 23.2.